The van der Waals surface area contributed by atoms with E-state index in [1.165, 1.54) is 16.6 Å². The number of aryl methyl sites for hydroxylation is 1. The van der Waals surface area contributed by atoms with E-state index in [2.05, 4.69) is 16.9 Å². The molecule has 8 heteroatoms. The Hall–Kier alpha value is -2.32. The van der Waals surface area contributed by atoms with Gasteiger partial charge in [0.05, 0.1) is 18.6 Å². The van der Waals surface area contributed by atoms with Gasteiger partial charge < -0.3 is 14.3 Å². The molecule has 0 radical (unpaired) electrons. The maximum Gasteiger partial charge on any atom is 0.230 e. The fourth-order valence-electron chi connectivity index (χ4n) is 3.18. The minimum atomic E-state index is -0.109. The van der Waals surface area contributed by atoms with E-state index >= 15 is 0 Å². The van der Waals surface area contributed by atoms with Gasteiger partial charge in [-0.3, -0.25) is 9.59 Å². The summed E-state index contributed by atoms with van der Waals surface area (Å²) >= 11 is 2.98. The van der Waals surface area contributed by atoms with Gasteiger partial charge in [-0.2, -0.15) is 0 Å². The van der Waals surface area contributed by atoms with Crippen LogP contribution < -0.4 is 10.7 Å². The topological polar surface area (TPSA) is 77.1 Å². The van der Waals surface area contributed by atoms with E-state index in [1.54, 1.807) is 29.7 Å². The molecule has 0 saturated heterocycles. The van der Waals surface area contributed by atoms with Crippen LogP contribution in [0.2, 0.25) is 0 Å². The van der Waals surface area contributed by atoms with Crippen LogP contribution in [0, 0.1) is 0 Å². The minimum Gasteiger partial charge on any atom is -0.467 e. The summed E-state index contributed by atoms with van der Waals surface area (Å²) in [5.41, 5.74) is 1.48. The van der Waals surface area contributed by atoms with Crippen LogP contribution in [0.3, 0.4) is 0 Å². The van der Waals surface area contributed by atoms with Crippen molar-refractivity contribution in [2.75, 3.05) is 5.75 Å². The average molecular weight is 402 g/mol. The summed E-state index contributed by atoms with van der Waals surface area (Å²) in [6.45, 7) is 4.72. The van der Waals surface area contributed by atoms with Crippen LogP contribution in [0.25, 0.3) is 10.3 Å². The smallest absolute Gasteiger partial charge is 0.230 e. The number of hydrogen-bond acceptors (Lipinski definition) is 6. The second kappa shape index (κ2) is 7.74. The molecular formula is C19H19N3O3S2. The number of hydrogen-bond donors (Lipinski definition) is 1. The van der Waals surface area contributed by atoms with Gasteiger partial charge in [0, 0.05) is 17.0 Å². The van der Waals surface area contributed by atoms with Crippen LogP contribution in [0.15, 0.2) is 45.4 Å². The average Bonchev–Trinajstić information content (AvgIpc) is 3.40. The summed E-state index contributed by atoms with van der Waals surface area (Å²) in [6.07, 6.45) is 6.20. The van der Waals surface area contributed by atoms with Crippen molar-refractivity contribution in [2.45, 2.75) is 37.5 Å². The lowest BCUT2D eigenvalue weighted by Crippen LogP contribution is -2.24. The van der Waals surface area contributed by atoms with E-state index in [9.17, 15) is 9.59 Å². The lowest BCUT2D eigenvalue weighted by Gasteiger charge is -2.06. The predicted molar refractivity (Wildman–Crippen MR) is 107 cm³/mol. The maximum atomic E-state index is 12.8. The van der Waals surface area contributed by atoms with E-state index in [-0.39, 0.29) is 17.1 Å². The van der Waals surface area contributed by atoms with E-state index in [1.807, 2.05) is 10.6 Å². The highest BCUT2D eigenvalue weighted by atomic mass is 32.2. The van der Waals surface area contributed by atoms with Crippen LogP contribution in [0.5, 0.6) is 0 Å². The summed E-state index contributed by atoms with van der Waals surface area (Å²) in [5.74, 6) is 0.821. The minimum absolute atomic E-state index is 0.0446. The first-order valence-corrected chi connectivity index (χ1v) is 10.6. The molecule has 1 N–H and O–H groups in total. The first-order valence-electron chi connectivity index (χ1n) is 8.75. The van der Waals surface area contributed by atoms with Crippen molar-refractivity contribution in [1.82, 2.24) is 14.9 Å². The Morgan fingerprint density at radius 2 is 2.37 bits per heavy atom. The quantitative estimate of drug-likeness (QED) is 0.486. The van der Waals surface area contributed by atoms with Crippen molar-refractivity contribution < 1.29 is 9.21 Å². The Kier molecular flexibility index (Phi) is 5.18. The van der Waals surface area contributed by atoms with Crippen molar-refractivity contribution in [3.8, 4) is 0 Å². The number of nitrogens with one attached hydrogen (secondary N) is 1. The molecule has 3 aromatic heterocycles. The number of allylic oxidation sites excluding steroid dienone is 1. The summed E-state index contributed by atoms with van der Waals surface area (Å²) in [5, 5.41) is 3.49. The predicted octanol–water partition coefficient (Wildman–Crippen LogP) is 3.13. The highest BCUT2D eigenvalue weighted by Gasteiger charge is 2.22. The molecule has 0 aromatic carbocycles. The van der Waals surface area contributed by atoms with Crippen LogP contribution in [0.4, 0.5) is 0 Å². The van der Waals surface area contributed by atoms with E-state index < -0.39 is 0 Å². The molecule has 0 saturated carbocycles. The maximum absolute atomic E-state index is 12.8. The molecule has 140 valence electrons. The Bertz CT molecular complexity index is 1050. The number of furan rings is 1. The Morgan fingerprint density at radius 3 is 3.15 bits per heavy atom. The van der Waals surface area contributed by atoms with Crippen molar-refractivity contribution in [2.24, 2.45) is 0 Å². The van der Waals surface area contributed by atoms with E-state index in [0.29, 0.717) is 29.5 Å². The molecule has 0 spiro atoms. The second-order valence-electron chi connectivity index (χ2n) is 6.28. The highest BCUT2D eigenvalue weighted by molar-refractivity contribution is 7.99. The third-order valence-electron chi connectivity index (χ3n) is 4.45. The number of amides is 1. The molecule has 6 nitrogen and oxygen atoms in total. The van der Waals surface area contributed by atoms with Gasteiger partial charge in [-0.05, 0) is 31.4 Å². The first-order chi connectivity index (χ1) is 13.2. The second-order valence-corrected chi connectivity index (χ2v) is 8.30. The summed E-state index contributed by atoms with van der Waals surface area (Å²) < 4.78 is 7.19. The first kappa shape index (κ1) is 18.1. The molecule has 0 bridgehead atoms. The molecule has 0 atom stereocenters. The summed E-state index contributed by atoms with van der Waals surface area (Å²) in [6, 6.07) is 3.60. The van der Waals surface area contributed by atoms with Gasteiger partial charge in [0.15, 0.2) is 5.16 Å². The number of fused-ring (bicyclic) bond motifs is 2. The van der Waals surface area contributed by atoms with Crippen molar-refractivity contribution in [3.63, 3.8) is 0 Å². The lowest BCUT2D eigenvalue weighted by atomic mass is 10.2. The zero-order valence-electron chi connectivity index (χ0n) is 14.7. The van der Waals surface area contributed by atoms with Gasteiger partial charge in [-0.1, -0.05) is 17.8 Å². The molecule has 3 aromatic rings. The number of rotatable bonds is 7. The Morgan fingerprint density at radius 1 is 1.48 bits per heavy atom. The number of carbonyl (C=O) groups is 1. The molecule has 0 fully saturated rings. The fraction of sp³-hybridized carbons (Fsp3) is 0.316. The largest absolute Gasteiger partial charge is 0.467 e. The number of imidazole rings is 1. The van der Waals surface area contributed by atoms with Gasteiger partial charge in [0.1, 0.15) is 16.1 Å². The normalized spacial score (nSPS) is 13.0. The molecule has 0 unspecified atom stereocenters. The van der Waals surface area contributed by atoms with Crippen LogP contribution in [-0.4, -0.2) is 21.2 Å². The van der Waals surface area contributed by atoms with Gasteiger partial charge >= 0.3 is 0 Å². The van der Waals surface area contributed by atoms with Gasteiger partial charge in [0.25, 0.3) is 0 Å². The van der Waals surface area contributed by atoms with E-state index in [0.717, 1.165) is 29.7 Å². The Labute approximate surface area is 164 Å². The zero-order valence-corrected chi connectivity index (χ0v) is 16.3. The van der Waals surface area contributed by atoms with Crippen molar-refractivity contribution in [1.29, 1.82) is 0 Å². The molecule has 27 heavy (non-hydrogen) atoms. The molecule has 0 aliphatic heterocycles. The molecule has 1 amide bonds. The van der Waals surface area contributed by atoms with Crippen LogP contribution >= 0.6 is 23.1 Å². The number of aromatic nitrogens is 2. The van der Waals surface area contributed by atoms with Crippen LogP contribution in [0.1, 0.15) is 22.6 Å². The monoisotopic (exact) mass is 401 g/mol. The molecule has 3 heterocycles. The van der Waals surface area contributed by atoms with Gasteiger partial charge in [0.2, 0.25) is 11.3 Å². The van der Waals surface area contributed by atoms with Crippen LogP contribution in [-0.2, 0) is 30.7 Å². The third kappa shape index (κ3) is 3.59. The lowest BCUT2D eigenvalue weighted by molar-refractivity contribution is -0.118. The molecule has 4 rings (SSSR count). The number of nitrogens with zero attached hydrogens (tertiary/aromatic N) is 2. The summed E-state index contributed by atoms with van der Waals surface area (Å²) in [7, 11) is 0. The van der Waals surface area contributed by atoms with Crippen molar-refractivity contribution in [3.05, 3.63) is 57.5 Å². The zero-order chi connectivity index (χ0) is 18.8. The molecular weight excluding hydrogens is 382 g/mol. The number of carbonyl (C=O) groups excluding carboxylic acids is 1. The molecule has 1 aliphatic rings. The van der Waals surface area contributed by atoms with E-state index in [4.69, 9.17) is 4.42 Å². The fourth-order valence-corrected chi connectivity index (χ4v) is 5.38. The van der Waals surface area contributed by atoms with Crippen molar-refractivity contribution >= 4 is 39.4 Å². The standard InChI is InChI=1S/C19H19N3O3S2/c1-2-8-22-18-16(17(24)13-6-3-7-14(13)27-18)21-19(22)26-11-15(23)20-10-12-5-4-9-25-12/h2,4-5,9H,1,3,6-8,10-11H2,(H,20,23). The van der Waals surface area contributed by atoms with Gasteiger partial charge in [-0.25, -0.2) is 4.98 Å². The Balaban J connectivity index is 1.55. The number of thioether (sulfide) groups is 1. The summed E-state index contributed by atoms with van der Waals surface area (Å²) in [4.78, 5) is 31.5. The van der Waals surface area contributed by atoms with Gasteiger partial charge in [-0.15, -0.1) is 17.9 Å². The third-order valence-corrected chi connectivity index (χ3v) is 6.73. The SMILES string of the molecule is C=CCn1c(SCC(=O)NCc2ccco2)nc2c(=O)c3c(sc21)CCC3. The highest BCUT2D eigenvalue weighted by Crippen LogP contribution is 2.31. The molecule has 1 aliphatic carbocycles.